The Morgan fingerprint density at radius 1 is 1.14 bits per heavy atom. The van der Waals surface area contributed by atoms with Gasteiger partial charge in [-0.25, -0.2) is 9.79 Å². The number of fused-ring (bicyclic) bond motifs is 2. The minimum absolute atomic E-state index is 0.0711. The lowest BCUT2D eigenvalue weighted by molar-refractivity contribution is -0.139. The molecule has 1 aliphatic rings. The van der Waals surface area contributed by atoms with E-state index in [1.54, 1.807) is 43.7 Å². The molecule has 8 nitrogen and oxygen atoms in total. The highest BCUT2D eigenvalue weighted by Gasteiger charge is 2.34. The quantitative estimate of drug-likeness (QED) is 0.205. The Balaban J connectivity index is 1.76. The first-order valence-corrected chi connectivity index (χ1v) is 14.7. The fourth-order valence-electron chi connectivity index (χ4n) is 5.11. The van der Waals surface area contributed by atoms with Crippen LogP contribution < -0.4 is 29.1 Å². The summed E-state index contributed by atoms with van der Waals surface area (Å²) in [6, 6.07) is 16.3. The van der Waals surface area contributed by atoms with Crippen molar-refractivity contribution in [1.29, 1.82) is 0 Å². The molecule has 0 radical (unpaired) electrons. The fraction of sp³-hybridized carbons (Fsp3) is 0.265. The average Bonchev–Trinajstić information content (AvgIpc) is 3.29. The maximum Gasteiger partial charge on any atom is 0.338 e. The van der Waals surface area contributed by atoms with Gasteiger partial charge in [-0.1, -0.05) is 53.7 Å². The van der Waals surface area contributed by atoms with Crippen molar-refractivity contribution in [2.75, 3.05) is 20.3 Å². The van der Waals surface area contributed by atoms with Gasteiger partial charge in [0.2, 0.25) is 0 Å². The summed E-state index contributed by atoms with van der Waals surface area (Å²) in [5.74, 6) is 3.57. The molecular formula is C34H32N2O6S. The van der Waals surface area contributed by atoms with Gasteiger partial charge >= 0.3 is 5.97 Å². The number of nitrogens with zero attached hydrogens (tertiary/aromatic N) is 2. The number of methoxy groups -OCH3 is 1. The molecule has 1 atom stereocenters. The van der Waals surface area contributed by atoms with Crippen LogP contribution in [0.1, 0.15) is 44.9 Å². The third-order valence-electron chi connectivity index (χ3n) is 6.90. The molecule has 0 N–H and O–H groups in total. The SMILES string of the molecule is C#CCOc1ccc2ccccc2c1C=c1sc2n(c1=O)C(c1ccc(OC(C)C)c(OC)c1)C(C(=O)OCC)=C(C)N=2. The number of hydrogen-bond donors (Lipinski definition) is 0. The maximum atomic E-state index is 14.2. The van der Waals surface area contributed by atoms with Crippen LogP contribution in [0.2, 0.25) is 0 Å². The minimum atomic E-state index is -0.802. The van der Waals surface area contributed by atoms with Crippen molar-refractivity contribution in [3.8, 4) is 29.6 Å². The normalized spacial score (nSPS) is 14.7. The molecule has 43 heavy (non-hydrogen) atoms. The van der Waals surface area contributed by atoms with Crippen molar-refractivity contribution in [2.45, 2.75) is 39.8 Å². The van der Waals surface area contributed by atoms with Crippen LogP contribution >= 0.6 is 11.3 Å². The molecule has 0 saturated carbocycles. The number of rotatable bonds is 9. The van der Waals surface area contributed by atoms with Crippen molar-refractivity contribution in [2.24, 2.45) is 4.99 Å². The molecule has 1 aromatic heterocycles. The number of allylic oxidation sites excluding steroid dienone is 1. The number of terminal acetylenes is 1. The summed E-state index contributed by atoms with van der Waals surface area (Å²) in [4.78, 5) is 32.7. The molecular weight excluding hydrogens is 564 g/mol. The number of benzene rings is 3. The standard InChI is InChI=1S/C34H32N2O6S/c1-7-17-41-26-15-13-22-11-9-10-12-24(22)25(26)19-29-32(37)36-31(23-14-16-27(42-20(3)4)28(18-23)39-6)30(33(38)40-8-2)21(5)35-34(36)43-29/h1,9-16,18-20,31H,8,17H2,2-6H3. The first-order valence-electron chi connectivity index (χ1n) is 13.9. The van der Waals surface area contributed by atoms with Crippen LogP contribution in [0, 0.1) is 12.3 Å². The number of esters is 1. The van der Waals surface area contributed by atoms with Crippen LogP contribution in [0.25, 0.3) is 16.8 Å². The molecule has 3 aromatic carbocycles. The van der Waals surface area contributed by atoms with E-state index in [0.29, 0.717) is 37.8 Å². The Hall–Kier alpha value is -4.81. The molecule has 1 aliphatic heterocycles. The molecule has 0 bridgehead atoms. The summed E-state index contributed by atoms with van der Waals surface area (Å²) in [6.45, 7) is 7.60. The zero-order valence-electron chi connectivity index (χ0n) is 24.7. The molecule has 0 fully saturated rings. The Morgan fingerprint density at radius 3 is 2.63 bits per heavy atom. The third kappa shape index (κ3) is 5.79. The third-order valence-corrected chi connectivity index (χ3v) is 7.88. The zero-order valence-corrected chi connectivity index (χ0v) is 25.5. The molecule has 0 amide bonds. The summed E-state index contributed by atoms with van der Waals surface area (Å²) in [5, 5.41) is 1.90. The fourth-order valence-corrected chi connectivity index (χ4v) is 6.14. The van der Waals surface area contributed by atoms with Gasteiger partial charge in [-0.15, -0.1) is 6.42 Å². The van der Waals surface area contributed by atoms with Gasteiger partial charge in [0.25, 0.3) is 5.56 Å². The minimum Gasteiger partial charge on any atom is -0.493 e. The predicted octanol–water partition coefficient (Wildman–Crippen LogP) is 4.76. The Bertz CT molecular complexity index is 1960. The van der Waals surface area contributed by atoms with E-state index in [2.05, 4.69) is 10.9 Å². The lowest BCUT2D eigenvalue weighted by Gasteiger charge is -2.25. The van der Waals surface area contributed by atoms with E-state index in [1.807, 2.05) is 56.3 Å². The van der Waals surface area contributed by atoms with Crippen LogP contribution in [0.4, 0.5) is 0 Å². The number of hydrogen-bond acceptors (Lipinski definition) is 8. The van der Waals surface area contributed by atoms with Gasteiger partial charge in [0.05, 0.1) is 41.7 Å². The van der Waals surface area contributed by atoms with E-state index in [1.165, 1.54) is 11.3 Å². The van der Waals surface area contributed by atoms with E-state index in [4.69, 9.17) is 25.4 Å². The van der Waals surface area contributed by atoms with Crippen molar-refractivity contribution in [3.05, 3.63) is 96.7 Å². The van der Waals surface area contributed by atoms with Crippen LogP contribution in [0.5, 0.6) is 17.2 Å². The van der Waals surface area contributed by atoms with Gasteiger partial charge in [0.15, 0.2) is 16.3 Å². The highest BCUT2D eigenvalue weighted by atomic mass is 32.1. The Labute approximate surface area is 253 Å². The summed E-state index contributed by atoms with van der Waals surface area (Å²) < 4.78 is 24.8. The first kappa shape index (κ1) is 29.7. The van der Waals surface area contributed by atoms with E-state index < -0.39 is 12.0 Å². The van der Waals surface area contributed by atoms with Gasteiger partial charge in [-0.3, -0.25) is 9.36 Å². The van der Waals surface area contributed by atoms with E-state index in [0.717, 1.165) is 16.3 Å². The number of aromatic nitrogens is 1. The number of thiazole rings is 1. The Kier molecular flexibility index (Phi) is 8.69. The monoisotopic (exact) mass is 596 g/mol. The second-order valence-corrected chi connectivity index (χ2v) is 11.1. The van der Waals surface area contributed by atoms with Crippen LogP contribution in [0.3, 0.4) is 0 Å². The number of ether oxygens (including phenoxy) is 4. The number of carbonyl (C=O) groups excluding carboxylic acids is 1. The summed E-state index contributed by atoms with van der Waals surface area (Å²) in [5.41, 5.74) is 1.83. The largest absolute Gasteiger partial charge is 0.493 e. The van der Waals surface area contributed by atoms with Gasteiger partial charge < -0.3 is 18.9 Å². The Morgan fingerprint density at radius 2 is 1.91 bits per heavy atom. The van der Waals surface area contributed by atoms with E-state index >= 15 is 0 Å². The van der Waals surface area contributed by atoms with Gasteiger partial charge in [0, 0.05) is 5.56 Å². The maximum absolute atomic E-state index is 14.2. The molecule has 4 aromatic rings. The molecule has 0 saturated heterocycles. The van der Waals surface area contributed by atoms with Gasteiger partial charge in [-0.05, 0) is 68.3 Å². The van der Waals surface area contributed by atoms with Crippen LogP contribution in [-0.4, -0.2) is 37.0 Å². The van der Waals surface area contributed by atoms with Crippen molar-refractivity contribution in [1.82, 2.24) is 4.57 Å². The molecule has 5 rings (SSSR count). The smallest absolute Gasteiger partial charge is 0.338 e. The van der Waals surface area contributed by atoms with Gasteiger partial charge in [-0.2, -0.15) is 0 Å². The van der Waals surface area contributed by atoms with Crippen molar-refractivity contribution < 1.29 is 23.7 Å². The van der Waals surface area contributed by atoms with Gasteiger partial charge in [0.1, 0.15) is 12.4 Å². The van der Waals surface area contributed by atoms with Crippen molar-refractivity contribution in [3.63, 3.8) is 0 Å². The highest BCUT2D eigenvalue weighted by Crippen LogP contribution is 2.36. The lowest BCUT2D eigenvalue weighted by atomic mass is 9.95. The van der Waals surface area contributed by atoms with Crippen LogP contribution in [-0.2, 0) is 9.53 Å². The lowest BCUT2D eigenvalue weighted by Crippen LogP contribution is -2.40. The summed E-state index contributed by atoms with van der Waals surface area (Å²) in [7, 11) is 1.55. The molecule has 0 spiro atoms. The van der Waals surface area contributed by atoms with Crippen molar-refractivity contribution >= 4 is 34.2 Å². The molecule has 220 valence electrons. The summed E-state index contributed by atoms with van der Waals surface area (Å²) >= 11 is 1.24. The molecule has 1 unspecified atom stereocenters. The molecule has 2 heterocycles. The zero-order chi connectivity index (χ0) is 30.7. The van der Waals surface area contributed by atoms with E-state index in [-0.39, 0.29) is 30.5 Å². The topological polar surface area (TPSA) is 88.3 Å². The molecule has 9 heteroatoms. The first-order chi connectivity index (χ1) is 20.8. The number of carbonyl (C=O) groups is 1. The second kappa shape index (κ2) is 12.6. The molecule has 0 aliphatic carbocycles. The van der Waals surface area contributed by atoms with E-state index in [9.17, 15) is 9.59 Å². The predicted molar refractivity (Wildman–Crippen MR) is 167 cm³/mol. The highest BCUT2D eigenvalue weighted by molar-refractivity contribution is 7.07. The average molecular weight is 597 g/mol. The van der Waals surface area contributed by atoms with Crippen LogP contribution in [0.15, 0.2) is 75.7 Å². The summed E-state index contributed by atoms with van der Waals surface area (Å²) in [6.07, 6.45) is 7.20. The second-order valence-electron chi connectivity index (χ2n) is 10.1.